The summed E-state index contributed by atoms with van der Waals surface area (Å²) in [5, 5.41) is 0. The molecule has 3 rings (SSSR count). The van der Waals surface area contributed by atoms with Crippen molar-refractivity contribution in [1.29, 1.82) is 0 Å². The SMILES string of the molecule is Cc1cccc(C)c1C(CN)N1CCCC2CCCCC21. The molecule has 1 aliphatic heterocycles. The van der Waals surface area contributed by atoms with E-state index in [1.165, 1.54) is 61.8 Å². The number of nitrogens with zero attached hydrogens (tertiary/aromatic N) is 1. The third-order valence-electron chi connectivity index (χ3n) is 5.79. The lowest BCUT2D eigenvalue weighted by atomic mass is 9.77. The first-order valence-corrected chi connectivity index (χ1v) is 8.74. The Labute approximate surface area is 129 Å². The van der Waals surface area contributed by atoms with Crippen molar-refractivity contribution in [1.82, 2.24) is 4.90 Å². The molecule has 0 spiro atoms. The Morgan fingerprint density at radius 3 is 2.48 bits per heavy atom. The minimum atomic E-state index is 0.414. The Kier molecular flexibility index (Phi) is 4.66. The van der Waals surface area contributed by atoms with Crippen LogP contribution in [-0.4, -0.2) is 24.0 Å². The van der Waals surface area contributed by atoms with Gasteiger partial charge < -0.3 is 5.73 Å². The van der Waals surface area contributed by atoms with E-state index in [2.05, 4.69) is 36.9 Å². The molecule has 2 fully saturated rings. The molecule has 2 aliphatic rings. The van der Waals surface area contributed by atoms with Crippen LogP contribution in [0.5, 0.6) is 0 Å². The van der Waals surface area contributed by atoms with Crippen molar-refractivity contribution in [2.45, 2.75) is 64.5 Å². The summed E-state index contributed by atoms with van der Waals surface area (Å²) in [6.45, 7) is 6.46. The first-order chi connectivity index (χ1) is 10.2. The minimum Gasteiger partial charge on any atom is -0.329 e. The van der Waals surface area contributed by atoms with Gasteiger partial charge in [0.15, 0.2) is 0 Å². The molecule has 1 heterocycles. The number of hydrogen-bond donors (Lipinski definition) is 1. The zero-order chi connectivity index (χ0) is 14.8. The van der Waals surface area contributed by atoms with Crippen LogP contribution in [0.15, 0.2) is 18.2 Å². The van der Waals surface area contributed by atoms with Gasteiger partial charge in [-0.3, -0.25) is 4.90 Å². The lowest BCUT2D eigenvalue weighted by Gasteiger charge is -2.48. The third kappa shape index (κ3) is 2.89. The molecule has 2 N–H and O–H groups in total. The molecular formula is C19H30N2. The summed E-state index contributed by atoms with van der Waals surface area (Å²) in [5.41, 5.74) is 10.6. The molecule has 1 aromatic carbocycles. The van der Waals surface area contributed by atoms with Crippen molar-refractivity contribution in [3.63, 3.8) is 0 Å². The predicted octanol–water partition coefficient (Wildman–Crippen LogP) is 3.96. The topological polar surface area (TPSA) is 29.3 Å². The maximum atomic E-state index is 6.25. The van der Waals surface area contributed by atoms with Gasteiger partial charge in [0.2, 0.25) is 0 Å². The Bertz CT molecular complexity index is 460. The molecule has 2 heteroatoms. The molecule has 116 valence electrons. The monoisotopic (exact) mass is 286 g/mol. The van der Waals surface area contributed by atoms with E-state index in [-0.39, 0.29) is 0 Å². The van der Waals surface area contributed by atoms with Crippen LogP contribution in [0.3, 0.4) is 0 Å². The highest BCUT2D eigenvalue weighted by molar-refractivity contribution is 5.36. The maximum absolute atomic E-state index is 6.25. The third-order valence-corrected chi connectivity index (χ3v) is 5.79. The summed E-state index contributed by atoms with van der Waals surface area (Å²) in [6.07, 6.45) is 8.44. The van der Waals surface area contributed by atoms with Crippen molar-refractivity contribution in [3.8, 4) is 0 Å². The molecule has 1 saturated carbocycles. The van der Waals surface area contributed by atoms with Gasteiger partial charge in [0, 0.05) is 18.6 Å². The van der Waals surface area contributed by atoms with Crippen LogP contribution in [0.1, 0.15) is 61.3 Å². The normalized spacial score (nSPS) is 28.1. The first kappa shape index (κ1) is 15.1. The highest BCUT2D eigenvalue weighted by atomic mass is 15.2. The van der Waals surface area contributed by atoms with Crippen molar-refractivity contribution in [2.75, 3.05) is 13.1 Å². The van der Waals surface area contributed by atoms with E-state index in [1.807, 2.05) is 0 Å². The first-order valence-electron chi connectivity index (χ1n) is 8.74. The van der Waals surface area contributed by atoms with Gasteiger partial charge in [0.1, 0.15) is 0 Å². The summed E-state index contributed by atoms with van der Waals surface area (Å²) >= 11 is 0. The second-order valence-electron chi connectivity index (χ2n) is 7.05. The second-order valence-corrected chi connectivity index (χ2v) is 7.05. The Balaban J connectivity index is 1.91. The molecule has 21 heavy (non-hydrogen) atoms. The van der Waals surface area contributed by atoms with E-state index in [9.17, 15) is 0 Å². The van der Waals surface area contributed by atoms with Gasteiger partial charge in [-0.05, 0) is 68.7 Å². The van der Waals surface area contributed by atoms with Crippen molar-refractivity contribution in [3.05, 3.63) is 34.9 Å². The van der Waals surface area contributed by atoms with Crippen molar-refractivity contribution < 1.29 is 0 Å². The summed E-state index contributed by atoms with van der Waals surface area (Å²) in [6, 6.07) is 7.85. The van der Waals surface area contributed by atoms with E-state index >= 15 is 0 Å². The molecule has 1 aliphatic carbocycles. The van der Waals surface area contributed by atoms with E-state index in [0.29, 0.717) is 6.04 Å². The fourth-order valence-corrected chi connectivity index (χ4v) is 4.82. The number of benzene rings is 1. The molecule has 3 atom stereocenters. The highest BCUT2D eigenvalue weighted by Crippen LogP contribution is 2.40. The maximum Gasteiger partial charge on any atom is 0.0478 e. The van der Waals surface area contributed by atoms with Gasteiger partial charge >= 0.3 is 0 Å². The molecular weight excluding hydrogens is 256 g/mol. The predicted molar refractivity (Wildman–Crippen MR) is 89.4 cm³/mol. The van der Waals surface area contributed by atoms with E-state index in [1.54, 1.807) is 0 Å². The average molecular weight is 286 g/mol. The number of piperidine rings is 1. The Hall–Kier alpha value is -0.860. The Morgan fingerprint density at radius 1 is 1.10 bits per heavy atom. The molecule has 2 nitrogen and oxygen atoms in total. The van der Waals surface area contributed by atoms with Gasteiger partial charge in [0.05, 0.1) is 0 Å². The molecule has 1 saturated heterocycles. The molecule has 0 bridgehead atoms. The van der Waals surface area contributed by atoms with Gasteiger partial charge in [-0.15, -0.1) is 0 Å². The number of nitrogens with two attached hydrogens (primary N) is 1. The lowest BCUT2D eigenvalue weighted by molar-refractivity contribution is 0.0272. The minimum absolute atomic E-state index is 0.414. The number of aryl methyl sites for hydroxylation is 2. The second kappa shape index (κ2) is 6.50. The van der Waals surface area contributed by atoms with Crippen LogP contribution in [0.4, 0.5) is 0 Å². The molecule has 0 amide bonds. The summed E-state index contributed by atoms with van der Waals surface area (Å²) in [4.78, 5) is 2.77. The van der Waals surface area contributed by atoms with Crippen LogP contribution in [0, 0.1) is 19.8 Å². The summed E-state index contributed by atoms with van der Waals surface area (Å²) in [5.74, 6) is 0.922. The number of likely N-dealkylation sites (tertiary alicyclic amines) is 1. The van der Waals surface area contributed by atoms with Gasteiger partial charge in [-0.2, -0.15) is 0 Å². The van der Waals surface area contributed by atoms with Crippen LogP contribution in [-0.2, 0) is 0 Å². The molecule has 3 unspecified atom stereocenters. The molecule has 0 aromatic heterocycles. The van der Waals surface area contributed by atoms with E-state index in [4.69, 9.17) is 5.73 Å². The number of rotatable bonds is 3. The van der Waals surface area contributed by atoms with Crippen LogP contribution < -0.4 is 5.73 Å². The fourth-order valence-electron chi connectivity index (χ4n) is 4.82. The zero-order valence-electron chi connectivity index (χ0n) is 13.6. The lowest BCUT2D eigenvalue weighted by Crippen LogP contribution is -2.50. The van der Waals surface area contributed by atoms with Crippen LogP contribution >= 0.6 is 0 Å². The van der Waals surface area contributed by atoms with Gasteiger partial charge in [0.25, 0.3) is 0 Å². The van der Waals surface area contributed by atoms with Crippen molar-refractivity contribution in [2.24, 2.45) is 11.7 Å². The average Bonchev–Trinajstić information content (AvgIpc) is 2.51. The van der Waals surface area contributed by atoms with Crippen molar-refractivity contribution >= 4 is 0 Å². The quantitative estimate of drug-likeness (QED) is 0.911. The van der Waals surface area contributed by atoms with E-state index in [0.717, 1.165) is 18.5 Å². The van der Waals surface area contributed by atoms with Gasteiger partial charge in [-0.1, -0.05) is 31.0 Å². The molecule has 0 radical (unpaired) electrons. The molecule has 1 aromatic rings. The zero-order valence-corrected chi connectivity index (χ0v) is 13.6. The Morgan fingerprint density at radius 2 is 1.76 bits per heavy atom. The summed E-state index contributed by atoms with van der Waals surface area (Å²) in [7, 11) is 0. The number of hydrogen-bond acceptors (Lipinski definition) is 2. The summed E-state index contributed by atoms with van der Waals surface area (Å²) < 4.78 is 0. The van der Waals surface area contributed by atoms with Gasteiger partial charge in [-0.25, -0.2) is 0 Å². The van der Waals surface area contributed by atoms with E-state index < -0.39 is 0 Å². The van der Waals surface area contributed by atoms with Crippen LogP contribution in [0.25, 0.3) is 0 Å². The number of fused-ring (bicyclic) bond motifs is 1. The fraction of sp³-hybridized carbons (Fsp3) is 0.684. The standard InChI is InChI=1S/C19H30N2/c1-14-7-5-8-15(2)19(14)18(13-20)21-12-6-10-16-9-3-4-11-17(16)21/h5,7-8,16-18H,3-4,6,9-13,20H2,1-2H3. The van der Waals surface area contributed by atoms with Crippen LogP contribution in [0.2, 0.25) is 0 Å². The smallest absolute Gasteiger partial charge is 0.0478 e. The highest BCUT2D eigenvalue weighted by Gasteiger charge is 2.37. The largest absolute Gasteiger partial charge is 0.329 e.